The molecule has 0 fully saturated rings. The number of aromatic carboxylic acids is 1. The van der Waals surface area contributed by atoms with Gasteiger partial charge in [0.15, 0.2) is 0 Å². The predicted molar refractivity (Wildman–Crippen MR) is 54.1 cm³/mol. The van der Waals surface area contributed by atoms with Crippen molar-refractivity contribution < 1.29 is 9.90 Å². The maximum Gasteiger partial charge on any atom is 0.352 e. The molecule has 14 heavy (non-hydrogen) atoms. The Kier molecular flexibility index (Phi) is 2.76. The van der Waals surface area contributed by atoms with Crippen LogP contribution in [0.4, 0.5) is 0 Å². The van der Waals surface area contributed by atoms with E-state index in [1.807, 2.05) is 6.92 Å². The first-order valence-electron chi connectivity index (χ1n) is 3.86. The van der Waals surface area contributed by atoms with Gasteiger partial charge in [0.1, 0.15) is 11.3 Å². The second-order valence-electron chi connectivity index (χ2n) is 2.81. The number of hydrogen-bond acceptors (Lipinski definition) is 2. The summed E-state index contributed by atoms with van der Waals surface area (Å²) in [4.78, 5) is 14.9. The number of nitrogens with zero attached hydrogens (tertiary/aromatic N) is 2. The van der Waals surface area contributed by atoms with Gasteiger partial charge >= 0.3 is 5.97 Å². The fraction of sp³-hybridized carbons (Fsp3) is 0.111. The Morgan fingerprint density at radius 1 is 1.50 bits per heavy atom. The largest absolute Gasteiger partial charge is 0.477 e. The molecule has 0 aliphatic rings. The van der Waals surface area contributed by atoms with Crippen LogP contribution in [-0.4, -0.2) is 20.5 Å². The van der Waals surface area contributed by atoms with Gasteiger partial charge in [-0.1, -0.05) is 6.07 Å². The third-order valence-corrected chi connectivity index (χ3v) is 1.92. The standard InChI is InChI=1S/C9H8N2O2.ClH/c1-6-5-10-8-4-2-3-7(9(12)13)11(6)8;/h2-5H,1H3,(H,12,13);1H. The van der Waals surface area contributed by atoms with Gasteiger partial charge in [-0.15, -0.1) is 12.4 Å². The summed E-state index contributed by atoms with van der Waals surface area (Å²) in [5, 5.41) is 8.88. The van der Waals surface area contributed by atoms with Crippen LogP contribution in [0, 0.1) is 6.92 Å². The minimum absolute atomic E-state index is 0. The van der Waals surface area contributed by atoms with Crippen LogP contribution in [0.2, 0.25) is 0 Å². The average Bonchev–Trinajstić information content (AvgIpc) is 2.48. The molecule has 1 N–H and O–H groups in total. The van der Waals surface area contributed by atoms with E-state index >= 15 is 0 Å². The predicted octanol–water partition coefficient (Wildman–Crippen LogP) is 1.76. The second kappa shape index (κ2) is 3.67. The van der Waals surface area contributed by atoms with Crippen molar-refractivity contribution in [2.45, 2.75) is 6.92 Å². The van der Waals surface area contributed by atoms with Crippen LogP contribution < -0.4 is 0 Å². The van der Waals surface area contributed by atoms with Crippen molar-refractivity contribution in [1.82, 2.24) is 9.38 Å². The van der Waals surface area contributed by atoms with E-state index in [4.69, 9.17) is 5.11 Å². The van der Waals surface area contributed by atoms with Crippen molar-refractivity contribution >= 4 is 24.0 Å². The zero-order chi connectivity index (χ0) is 9.42. The zero-order valence-corrected chi connectivity index (χ0v) is 8.28. The highest BCUT2D eigenvalue weighted by atomic mass is 35.5. The van der Waals surface area contributed by atoms with E-state index < -0.39 is 5.97 Å². The Hall–Kier alpha value is -1.55. The number of hydrogen-bond donors (Lipinski definition) is 1. The van der Waals surface area contributed by atoms with E-state index in [1.54, 1.807) is 28.8 Å². The van der Waals surface area contributed by atoms with E-state index in [1.165, 1.54) is 0 Å². The van der Waals surface area contributed by atoms with Gasteiger partial charge in [0.25, 0.3) is 0 Å². The number of aromatic nitrogens is 2. The Morgan fingerprint density at radius 2 is 2.21 bits per heavy atom. The number of rotatable bonds is 1. The van der Waals surface area contributed by atoms with Gasteiger partial charge in [-0.2, -0.15) is 0 Å². The van der Waals surface area contributed by atoms with E-state index in [9.17, 15) is 4.79 Å². The molecule has 0 aromatic carbocycles. The molecule has 0 aliphatic carbocycles. The van der Waals surface area contributed by atoms with Crippen molar-refractivity contribution in [2.75, 3.05) is 0 Å². The maximum absolute atomic E-state index is 10.8. The van der Waals surface area contributed by atoms with Gasteiger partial charge in [0.2, 0.25) is 0 Å². The highest BCUT2D eigenvalue weighted by Gasteiger charge is 2.09. The van der Waals surface area contributed by atoms with Gasteiger partial charge in [-0.05, 0) is 19.1 Å². The first kappa shape index (κ1) is 10.5. The molecule has 0 spiro atoms. The van der Waals surface area contributed by atoms with E-state index in [2.05, 4.69) is 4.98 Å². The van der Waals surface area contributed by atoms with Crippen molar-refractivity contribution in [3.8, 4) is 0 Å². The minimum Gasteiger partial charge on any atom is -0.477 e. The summed E-state index contributed by atoms with van der Waals surface area (Å²) in [5.41, 5.74) is 1.73. The summed E-state index contributed by atoms with van der Waals surface area (Å²) < 4.78 is 1.61. The lowest BCUT2D eigenvalue weighted by atomic mass is 10.3. The second-order valence-corrected chi connectivity index (χ2v) is 2.81. The lowest BCUT2D eigenvalue weighted by Crippen LogP contribution is -2.05. The molecule has 2 heterocycles. The number of carbonyl (C=O) groups is 1. The monoisotopic (exact) mass is 212 g/mol. The third-order valence-electron chi connectivity index (χ3n) is 1.92. The number of imidazole rings is 1. The molecule has 0 atom stereocenters. The van der Waals surface area contributed by atoms with Gasteiger partial charge < -0.3 is 5.11 Å². The third kappa shape index (κ3) is 1.44. The Labute approximate surface area is 86.6 Å². The van der Waals surface area contributed by atoms with Crippen LogP contribution >= 0.6 is 12.4 Å². The number of pyridine rings is 1. The number of carboxylic acids is 1. The van der Waals surface area contributed by atoms with E-state index in [0.29, 0.717) is 5.65 Å². The van der Waals surface area contributed by atoms with E-state index in [-0.39, 0.29) is 18.1 Å². The SMILES string of the molecule is Cc1cnc2cccc(C(=O)O)n12.Cl. The molecule has 2 aromatic heterocycles. The van der Waals surface area contributed by atoms with Gasteiger partial charge in [0.05, 0.1) is 0 Å². The Morgan fingerprint density at radius 3 is 2.86 bits per heavy atom. The van der Waals surface area contributed by atoms with Crippen molar-refractivity contribution in [1.29, 1.82) is 0 Å². The summed E-state index contributed by atoms with van der Waals surface area (Å²) in [7, 11) is 0. The Bertz CT molecular complexity index is 479. The van der Waals surface area contributed by atoms with Crippen LogP contribution in [0.1, 0.15) is 16.2 Å². The molecular weight excluding hydrogens is 204 g/mol. The van der Waals surface area contributed by atoms with Gasteiger partial charge in [-0.3, -0.25) is 4.40 Å². The summed E-state index contributed by atoms with van der Waals surface area (Å²) in [5.74, 6) is -0.938. The molecule has 0 saturated heterocycles. The molecule has 0 unspecified atom stereocenters. The van der Waals surface area contributed by atoms with Crippen LogP contribution in [0.5, 0.6) is 0 Å². The molecule has 0 aliphatic heterocycles. The first-order chi connectivity index (χ1) is 6.20. The van der Waals surface area contributed by atoms with Crippen LogP contribution in [-0.2, 0) is 0 Å². The van der Waals surface area contributed by atoms with Crippen LogP contribution in [0.3, 0.4) is 0 Å². The summed E-state index contributed by atoms with van der Waals surface area (Å²) in [6.45, 7) is 1.83. The number of aryl methyl sites for hydroxylation is 1. The average molecular weight is 213 g/mol. The lowest BCUT2D eigenvalue weighted by Gasteiger charge is -2.00. The number of fused-ring (bicyclic) bond motifs is 1. The highest BCUT2D eigenvalue weighted by Crippen LogP contribution is 2.09. The number of carboxylic acid groups (broad SMARTS) is 1. The molecule has 0 saturated carbocycles. The molecule has 74 valence electrons. The summed E-state index contributed by atoms with van der Waals surface area (Å²) in [6, 6.07) is 5.02. The minimum atomic E-state index is -0.938. The quantitative estimate of drug-likeness (QED) is 0.784. The summed E-state index contributed by atoms with van der Waals surface area (Å²) >= 11 is 0. The molecule has 5 heteroatoms. The molecule has 2 rings (SSSR count). The van der Waals surface area contributed by atoms with E-state index in [0.717, 1.165) is 5.69 Å². The molecule has 0 amide bonds. The van der Waals surface area contributed by atoms with Crippen LogP contribution in [0.25, 0.3) is 5.65 Å². The smallest absolute Gasteiger partial charge is 0.352 e. The Balaban J connectivity index is 0.000000980. The normalized spacial score (nSPS) is 9.79. The van der Waals surface area contributed by atoms with Gasteiger partial charge in [-0.25, -0.2) is 9.78 Å². The van der Waals surface area contributed by atoms with Crippen LogP contribution in [0.15, 0.2) is 24.4 Å². The maximum atomic E-state index is 10.8. The number of halogens is 1. The first-order valence-corrected chi connectivity index (χ1v) is 3.86. The van der Waals surface area contributed by atoms with Gasteiger partial charge in [0, 0.05) is 11.9 Å². The summed E-state index contributed by atoms with van der Waals surface area (Å²) in [6.07, 6.45) is 1.65. The van der Waals surface area contributed by atoms with Crippen molar-refractivity contribution in [3.05, 3.63) is 35.8 Å². The molecule has 0 bridgehead atoms. The van der Waals surface area contributed by atoms with Crippen molar-refractivity contribution in [2.24, 2.45) is 0 Å². The molecule has 0 radical (unpaired) electrons. The molecular formula is C9H9ClN2O2. The molecule has 4 nitrogen and oxygen atoms in total. The zero-order valence-electron chi connectivity index (χ0n) is 7.47. The topological polar surface area (TPSA) is 54.6 Å². The van der Waals surface area contributed by atoms with Crippen molar-refractivity contribution in [3.63, 3.8) is 0 Å². The lowest BCUT2D eigenvalue weighted by molar-refractivity contribution is 0.0688. The fourth-order valence-corrected chi connectivity index (χ4v) is 1.35. The molecule has 2 aromatic rings. The fourth-order valence-electron chi connectivity index (χ4n) is 1.35. The highest BCUT2D eigenvalue weighted by molar-refractivity contribution is 5.86.